The summed E-state index contributed by atoms with van der Waals surface area (Å²) in [7, 11) is 1.46. The number of anilines is 2. The average Bonchev–Trinajstić information content (AvgIpc) is 2.61. The Morgan fingerprint density at radius 1 is 0.929 bits per heavy atom. The van der Waals surface area contributed by atoms with E-state index in [1.165, 1.54) is 21.0 Å². The van der Waals surface area contributed by atoms with Crippen molar-refractivity contribution in [3.05, 3.63) is 53.6 Å². The first-order chi connectivity index (χ1) is 12.9. The molecule has 0 aliphatic rings. The van der Waals surface area contributed by atoms with Crippen molar-refractivity contribution in [1.29, 1.82) is 0 Å². The molecule has 2 aromatic rings. The van der Waals surface area contributed by atoms with Gasteiger partial charge in [-0.1, -0.05) is 6.07 Å². The second-order valence-electron chi connectivity index (χ2n) is 6.81. The molecule has 0 radical (unpaired) electrons. The molecule has 0 heterocycles. The third-order valence-corrected chi connectivity index (χ3v) is 4.21. The highest BCUT2D eigenvalue weighted by atomic mass is 19.4. The largest absolute Gasteiger partial charge is 0.495 e. The number of benzene rings is 2. The Labute approximate surface area is 160 Å². The maximum Gasteiger partial charge on any atom is 0.416 e. The van der Waals surface area contributed by atoms with E-state index in [9.17, 15) is 22.8 Å². The lowest BCUT2D eigenvalue weighted by Gasteiger charge is -2.23. The minimum absolute atomic E-state index is 0.159. The van der Waals surface area contributed by atoms with Crippen LogP contribution in [0.2, 0.25) is 0 Å². The van der Waals surface area contributed by atoms with Crippen LogP contribution in [0.1, 0.15) is 25.0 Å². The lowest BCUT2D eigenvalue weighted by Crippen LogP contribution is -2.41. The van der Waals surface area contributed by atoms with E-state index in [0.29, 0.717) is 11.4 Å². The highest BCUT2D eigenvalue weighted by Gasteiger charge is 2.37. The highest BCUT2D eigenvalue weighted by molar-refractivity contribution is 6.14. The topological polar surface area (TPSA) is 67.4 Å². The molecular weight excluding hydrogens is 373 g/mol. The molecule has 0 saturated heterocycles. The smallest absolute Gasteiger partial charge is 0.416 e. The quantitative estimate of drug-likeness (QED) is 0.727. The van der Waals surface area contributed by atoms with E-state index < -0.39 is 29.0 Å². The molecule has 2 rings (SSSR count). The van der Waals surface area contributed by atoms with E-state index in [1.54, 1.807) is 12.1 Å². The predicted octanol–water partition coefficient (Wildman–Crippen LogP) is 4.63. The molecule has 0 aliphatic carbocycles. The van der Waals surface area contributed by atoms with Crippen LogP contribution < -0.4 is 15.4 Å². The molecule has 2 N–H and O–H groups in total. The van der Waals surface area contributed by atoms with Gasteiger partial charge in [0.15, 0.2) is 0 Å². The summed E-state index contributed by atoms with van der Waals surface area (Å²) >= 11 is 0. The molecule has 150 valence electrons. The summed E-state index contributed by atoms with van der Waals surface area (Å²) in [5.74, 6) is -0.796. The van der Waals surface area contributed by atoms with Crippen molar-refractivity contribution >= 4 is 23.2 Å². The van der Waals surface area contributed by atoms with Crippen LogP contribution in [0.5, 0.6) is 5.75 Å². The van der Waals surface area contributed by atoms with Gasteiger partial charge in [-0.15, -0.1) is 0 Å². The molecule has 0 aliphatic heterocycles. The maximum absolute atomic E-state index is 12.7. The molecule has 5 nitrogen and oxygen atoms in total. The minimum Gasteiger partial charge on any atom is -0.495 e. The zero-order valence-corrected chi connectivity index (χ0v) is 15.9. The average molecular weight is 394 g/mol. The summed E-state index contributed by atoms with van der Waals surface area (Å²) in [4.78, 5) is 25.2. The fraction of sp³-hybridized carbons (Fsp3) is 0.300. The Bertz CT molecular complexity index is 875. The predicted molar refractivity (Wildman–Crippen MR) is 100 cm³/mol. The summed E-state index contributed by atoms with van der Waals surface area (Å²) in [6.07, 6.45) is -4.46. The molecule has 8 heteroatoms. The van der Waals surface area contributed by atoms with Gasteiger partial charge in [0.25, 0.3) is 0 Å². The normalized spacial score (nSPS) is 11.7. The number of rotatable bonds is 5. The van der Waals surface area contributed by atoms with Gasteiger partial charge in [-0.2, -0.15) is 13.2 Å². The van der Waals surface area contributed by atoms with Crippen molar-refractivity contribution in [1.82, 2.24) is 0 Å². The molecule has 0 saturated carbocycles. The first-order valence-electron chi connectivity index (χ1n) is 8.40. The molecule has 0 atom stereocenters. The van der Waals surface area contributed by atoms with E-state index in [-0.39, 0.29) is 5.69 Å². The maximum atomic E-state index is 12.7. The van der Waals surface area contributed by atoms with Gasteiger partial charge in [-0.25, -0.2) is 0 Å². The second kappa shape index (κ2) is 7.92. The van der Waals surface area contributed by atoms with Crippen LogP contribution in [0.25, 0.3) is 0 Å². The van der Waals surface area contributed by atoms with E-state index >= 15 is 0 Å². The number of carbonyl (C=O) groups excluding carboxylic acids is 2. The molecule has 2 aromatic carbocycles. The molecular formula is C20H21F3N2O3. The SMILES string of the molecule is COc1ccc(C)cc1NC(=O)C(C)(C)C(=O)Nc1ccc(C(F)(F)F)cc1. The van der Waals surface area contributed by atoms with Gasteiger partial charge in [0.2, 0.25) is 11.8 Å². The summed E-state index contributed by atoms with van der Waals surface area (Å²) in [5.41, 5.74) is -0.843. The van der Waals surface area contributed by atoms with Gasteiger partial charge in [0.05, 0.1) is 18.4 Å². The number of hydrogen-bond donors (Lipinski definition) is 2. The second-order valence-corrected chi connectivity index (χ2v) is 6.81. The van der Waals surface area contributed by atoms with Gasteiger partial charge < -0.3 is 15.4 Å². The number of carbonyl (C=O) groups is 2. The van der Waals surface area contributed by atoms with Gasteiger partial charge in [-0.3, -0.25) is 9.59 Å². The minimum atomic E-state index is -4.46. The number of amides is 2. The molecule has 0 spiro atoms. The Hall–Kier alpha value is -3.03. The number of aryl methyl sites for hydroxylation is 1. The van der Waals surface area contributed by atoms with Crippen LogP contribution >= 0.6 is 0 Å². The molecule has 0 bridgehead atoms. The first kappa shape index (κ1) is 21.3. The van der Waals surface area contributed by atoms with Crippen LogP contribution in [0, 0.1) is 12.3 Å². The van der Waals surface area contributed by atoms with E-state index in [1.807, 2.05) is 13.0 Å². The fourth-order valence-electron chi connectivity index (χ4n) is 2.33. The summed E-state index contributed by atoms with van der Waals surface area (Å²) in [6.45, 7) is 4.69. The lowest BCUT2D eigenvalue weighted by molar-refractivity contribution is -0.137. The molecule has 0 fully saturated rings. The molecule has 28 heavy (non-hydrogen) atoms. The van der Waals surface area contributed by atoms with Crippen LogP contribution in [0.3, 0.4) is 0 Å². The van der Waals surface area contributed by atoms with Gasteiger partial charge >= 0.3 is 6.18 Å². The summed E-state index contributed by atoms with van der Waals surface area (Å²) in [6, 6.07) is 9.22. The standard InChI is InChI=1S/C20H21F3N2O3/c1-12-5-10-16(28-4)15(11-12)25-18(27)19(2,3)17(26)24-14-8-6-13(7-9-14)20(21,22)23/h5-11H,1-4H3,(H,24,26)(H,25,27). The monoisotopic (exact) mass is 394 g/mol. The van der Waals surface area contributed by atoms with E-state index in [4.69, 9.17) is 4.74 Å². The van der Waals surface area contributed by atoms with Gasteiger partial charge in [0.1, 0.15) is 11.2 Å². The fourth-order valence-corrected chi connectivity index (χ4v) is 2.33. The third kappa shape index (κ3) is 4.82. The number of halogens is 3. The number of ether oxygens (including phenoxy) is 1. The lowest BCUT2D eigenvalue weighted by atomic mass is 9.90. The van der Waals surface area contributed by atoms with Crippen LogP contribution in [0.15, 0.2) is 42.5 Å². The number of hydrogen-bond acceptors (Lipinski definition) is 3. The van der Waals surface area contributed by atoms with Crippen LogP contribution in [0.4, 0.5) is 24.5 Å². The molecule has 0 aromatic heterocycles. The zero-order chi connectivity index (χ0) is 21.1. The van der Waals surface area contributed by atoms with Crippen molar-refractivity contribution < 1.29 is 27.5 Å². The summed E-state index contributed by atoms with van der Waals surface area (Å²) in [5, 5.41) is 5.13. The van der Waals surface area contributed by atoms with Crippen LogP contribution in [-0.4, -0.2) is 18.9 Å². The summed E-state index contributed by atoms with van der Waals surface area (Å²) < 4.78 is 43.1. The van der Waals surface area contributed by atoms with Crippen molar-refractivity contribution in [2.24, 2.45) is 5.41 Å². The van der Waals surface area contributed by atoms with E-state index in [2.05, 4.69) is 10.6 Å². The molecule has 2 amide bonds. The Morgan fingerprint density at radius 3 is 2.04 bits per heavy atom. The van der Waals surface area contributed by atoms with Crippen LogP contribution in [-0.2, 0) is 15.8 Å². The Kier molecular flexibility index (Phi) is 6.01. The van der Waals surface area contributed by atoms with Gasteiger partial charge in [0, 0.05) is 5.69 Å². The van der Waals surface area contributed by atoms with Crippen molar-refractivity contribution in [3.8, 4) is 5.75 Å². The number of nitrogens with one attached hydrogen (secondary N) is 2. The zero-order valence-electron chi connectivity index (χ0n) is 15.9. The van der Waals surface area contributed by atoms with E-state index in [0.717, 1.165) is 29.8 Å². The Balaban J connectivity index is 2.13. The van der Waals surface area contributed by atoms with Crippen molar-refractivity contribution in [2.45, 2.75) is 26.9 Å². The Morgan fingerprint density at radius 2 is 1.50 bits per heavy atom. The molecule has 0 unspecified atom stereocenters. The number of alkyl halides is 3. The number of methoxy groups -OCH3 is 1. The van der Waals surface area contributed by atoms with Gasteiger partial charge in [-0.05, 0) is 62.7 Å². The highest BCUT2D eigenvalue weighted by Crippen LogP contribution is 2.31. The third-order valence-electron chi connectivity index (χ3n) is 4.21. The first-order valence-corrected chi connectivity index (χ1v) is 8.40. The van der Waals surface area contributed by atoms with Crippen molar-refractivity contribution in [3.63, 3.8) is 0 Å². The van der Waals surface area contributed by atoms with Crippen molar-refractivity contribution in [2.75, 3.05) is 17.7 Å².